The number of aliphatic carboxylic acids is 1. The molecule has 1 unspecified atom stereocenters. The van der Waals surface area contributed by atoms with Gasteiger partial charge in [0.15, 0.2) is 0 Å². The predicted octanol–water partition coefficient (Wildman–Crippen LogP) is 1.93. The van der Waals surface area contributed by atoms with Crippen LogP contribution in [0.3, 0.4) is 0 Å². The fourth-order valence-corrected chi connectivity index (χ4v) is 3.56. The zero-order valence-electron chi connectivity index (χ0n) is 16.2. The van der Waals surface area contributed by atoms with Crippen molar-refractivity contribution in [3.8, 4) is 0 Å². The van der Waals surface area contributed by atoms with E-state index in [1.54, 1.807) is 30.3 Å². The lowest BCUT2D eigenvalue weighted by Crippen LogP contribution is -2.38. The number of carbonyl (C=O) groups excluding carboxylic acids is 2. The smallest absolute Gasteiger partial charge is 0.312 e. The number of nitrogens with zero attached hydrogens (tertiary/aromatic N) is 2. The number of nitrogens with one attached hydrogen (secondary N) is 2. The van der Waals surface area contributed by atoms with Crippen molar-refractivity contribution in [2.45, 2.75) is 50.6 Å². The highest BCUT2D eigenvalue weighted by atomic mass is 16.4. The van der Waals surface area contributed by atoms with Crippen LogP contribution in [0.15, 0.2) is 42.7 Å². The average molecular weight is 398 g/mol. The summed E-state index contributed by atoms with van der Waals surface area (Å²) in [5.74, 6) is -2.39. The average Bonchev–Trinajstić information content (AvgIpc) is 3.17. The zero-order valence-corrected chi connectivity index (χ0v) is 16.2. The minimum absolute atomic E-state index is 0.0362. The Bertz CT molecular complexity index is 843. The highest BCUT2D eigenvalue weighted by Crippen LogP contribution is 2.17. The SMILES string of the molecule is O=C(Cn1cc(C(=O)NCC(C(=O)O)c2ccccc2)cn1)NC1CCCCC1. The number of carboxylic acid groups (broad SMARTS) is 1. The van der Waals surface area contributed by atoms with Gasteiger partial charge < -0.3 is 15.7 Å². The molecule has 0 bridgehead atoms. The molecule has 2 aromatic rings. The van der Waals surface area contributed by atoms with Crippen LogP contribution >= 0.6 is 0 Å². The van der Waals surface area contributed by atoms with Crippen molar-refractivity contribution >= 4 is 17.8 Å². The maximum absolute atomic E-state index is 12.4. The Morgan fingerprint density at radius 1 is 1.14 bits per heavy atom. The van der Waals surface area contributed by atoms with Gasteiger partial charge in [-0.1, -0.05) is 49.6 Å². The van der Waals surface area contributed by atoms with Crippen LogP contribution < -0.4 is 10.6 Å². The van der Waals surface area contributed by atoms with Crippen LogP contribution in [-0.4, -0.2) is 45.3 Å². The first-order valence-electron chi connectivity index (χ1n) is 9.90. The Hall–Kier alpha value is -3.16. The molecule has 1 fully saturated rings. The molecule has 3 N–H and O–H groups in total. The van der Waals surface area contributed by atoms with E-state index < -0.39 is 17.8 Å². The lowest BCUT2D eigenvalue weighted by Gasteiger charge is -2.22. The summed E-state index contributed by atoms with van der Waals surface area (Å²) in [6.45, 7) is 0.0110. The molecule has 1 aromatic carbocycles. The quantitative estimate of drug-likeness (QED) is 0.629. The van der Waals surface area contributed by atoms with E-state index in [2.05, 4.69) is 15.7 Å². The molecule has 1 saturated carbocycles. The van der Waals surface area contributed by atoms with E-state index in [4.69, 9.17) is 0 Å². The van der Waals surface area contributed by atoms with E-state index in [-0.39, 0.29) is 30.6 Å². The van der Waals surface area contributed by atoms with E-state index in [0.29, 0.717) is 5.56 Å². The summed E-state index contributed by atoms with van der Waals surface area (Å²) in [4.78, 5) is 36.1. The first-order valence-corrected chi connectivity index (χ1v) is 9.90. The van der Waals surface area contributed by atoms with E-state index >= 15 is 0 Å². The van der Waals surface area contributed by atoms with E-state index in [9.17, 15) is 19.5 Å². The summed E-state index contributed by atoms with van der Waals surface area (Å²) >= 11 is 0. The Balaban J connectivity index is 1.52. The van der Waals surface area contributed by atoms with Crippen LogP contribution in [0.5, 0.6) is 0 Å². The molecule has 0 spiro atoms. The van der Waals surface area contributed by atoms with Crippen LogP contribution in [0.2, 0.25) is 0 Å². The van der Waals surface area contributed by atoms with Gasteiger partial charge in [-0.3, -0.25) is 19.1 Å². The Morgan fingerprint density at radius 3 is 2.55 bits per heavy atom. The second-order valence-corrected chi connectivity index (χ2v) is 7.34. The highest BCUT2D eigenvalue weighted by Gasteiger charge is 2.21. The van der Waals surface area contributed by atoms with E-state index in [0.717, 1.165) is 25.7 Å². The molecule has 1 aliphatic rings. The molecule has 8 heteroatoms. The maximum atomic E-state index is 12.4. The van der Waals surface area contributed by atoms with Gasteiger partial charge in [0, 0.05) is 18.8 Å². The van der Waals surface area contributed by atoms with Crippen molar-refractivity contribution in [3.63, 3.8) is 0 Å². The minimum atomic E-state index is -1.01. The highest BCUT2D eigenvalue weighted by molar-refractivity contribution is 5.94. The molecular weight excluding hydrogens is 372 g/mol. The second kappa shape index (κ2) is 9.86. The third-order valence-corrected chi connectivity index (χ3v) is 5.14. The third-order valence-electron chi connectivity index (χ3n) is 5.14. The van der Waals surface area contributed by atoms with Gasteiger partial charge in [0.1, 0.15) is 6.54 Å². The molecule has 0 saturated heterocycles. The molecule has 1 aliphatic carbocycles. The van der Waals surface area contributed by atoms with E-state index in [1.165, 1.54) is 23.5 Å². The second-order valence-electron chi connectivity index (χ2n) is 7.34. The number of amides is 2. The van der Waals surface area contributed by atoms with Crippen molar-refractivity contribution in [1.29, 1.82) is 0 Å². The maximum Gasteiger partial charge on any atom is 0.312 e. The van der Waals surface area contributed by atoms with Crippen LogP contribution in [-0.2, 0) is 16.1 Å². The van der Waals surface area contributed by atoms with Gasteiger partial charge in [0.25, 0.3) is 5.91 Å². The standard InChI is InChI=1S/C21H26N4O4/c26-19(24-17-9-5-2-6-10-17)14-25-13-16(11-23-25)20(27)22-12-18(21(28)29)15-7-3-1-4-8-15/h1,3-4,7-8,11,13,17-18H,2,5-6,9-10,12,14H2,(H,22,27)(H,24,26)(H,28,29). The van der Waals surface area contributed by atoms with Crippen molar-refractivity contribution in [2.24, 2.45) is 0 Å². The summed E-state index contributed by atoms with van der Waals surface area (Å²) in [6.07, 6.45) is 8.37. The molecule has 0 aliphatic heterocycles. The monoisotopic (exact) mass is 398 g/mol. The Labute approximate surface area is 169 Å². The molecule has 1 aromatic heterocycles. The molecule has 3 rings (SSSR count). The van der Waals surface area contributed by atoms with Crippen LogP contribution in [0, 0.1) is 0 Å². The first kappa shape index (κ1) is 20.6. The summed E-state index contributed by atoms with van der Waals surface area (Å²) in [6, 6.07) is 8.98. The summed E-state index contributed by atoms with van der Waals surface area (Å²) in [5.41, 5.74) is 0.906. The first-order chi connectivity index (χ1) is 14.0. The summed E-state index contributed by atoms with van der Waals surface area (Å²) < 4.78 is 1.42. The van der Waals surface area contributed by atoms with Crippen molar-refractivity contribution in [1.82, 2.24) is 20.4 Å². The van der Waals surface area contributed by atoms with Gasteiger partial charge in [0.2, 0.25) is 5.91 Å². The number of hydrogen-bond acceptors (Lipinski definition) is 4. The molecule has 1 heterocycles. The number of aromatic nitrogens is 2. The van der Waals surface area contributed by atoms with Gasteiger partial charge in [-0.2, -0.15) is 5.10 Å². The fourth-order valence-electron chi connectivity index (χ4n) is 3.56. The zero-order chi connectivity index (χ0) is 20.6. The largest absolute Gasteiger partial charge is 0.481 e. The normalized spacial score (nSPS) is 15.4. The van der Waals surface area contributed by atoms with Gasteiger partial charge in [0.05, 0.1) is 17.7 Å². The van der Waals surface area contributed by atoms with Crippen LogP contribution in [0.25, 0.3) is 0 Å². The molecule has 0 radical (unpaired) electrons. The summed E-state index contributed by atoms with van der Waals surface area (Å²) in [7, 11) is 0. The van der Waals surface area contributed by atoms with Crippen molar-refractivity contribution < 1.29 is 19.5 Å². The van der Waals surface area contributed by atoms with Crippen LogP contribution in [0.4, 0.5) is 0 Å². The van der Waals surface area contributed by atoms with Crippen LogP contribution in [0.1, 0.15) is 53.9 Å². The molecular formula is C21H26N4O4. The molecule has 2 amide bonds. The van der Waals surface area contributed by atoms with Gasteiger partial charge in [-0.05, 0) is 18.4 Å². The molecule has 1 atom stereocenters. The topological polar surface area (TPSA) is 113 Å². The van der Waals surface area contributed by atoms with Crippen molar-refractivity contribution in [2.75, 3.05) is 6.54 Å². The lowest BCUT2D eigenvalue weighted by molar-refractivity contribution is -0.138. The van der Waals surface area contributed by atoms with Gasteiger partial charge in [-0.25, -0.2) is 0 Å². The fraction of sp³-hybridized carbons (Fsp3) is 0.429. The number of carboxylic acids is 1. The number of hydrogen-bond donors (Lipinski definition) is 3. The summed E-state index contributed by atoms with van der Waals surface area (Å²) in [5, 5.41) is 19.2. The predicted molar refractivity (Wildman–Crippen MR) is 106 cm³/mol. The van der Waals surface area contributed by atoms with Gasteiger partial charge >= 0.3 is 5.97 Å². The Morgan fingerprint density at radius 2 is 1.86 bits per heavy atom. The number of rotatable bonds is 8. The molecule has 154 valence electrons. The minimum Gasteiger partial charge on any atom is -0.481 e. The van der Waals surface area contributed by atoms with Gasteiger partial charge in [-0.15, -0.1) is 0 Å². The Kier molecular flexibility index (Phi) is 6.99. The number of carbonyl (C=O) groups is 3. The van der Waals surface area contributed by atoms with E-state index in [1.807, 2.05) is 0 Å². The molecule has 29 heavy (non-hydrogen) atoms. The molecule has 8 nitrogen and oxygen atoms in total. The lowest BCUT2D eigenvalue weighted by atomic mass is 9.95. The number of benzene rings is 1. The third kappa shape index (κ3) is 5.91. The van der Waals surface area contributed by atoms with Crippen molar-refractivity contribution in [3.05, 3.63) is 53.9 Å².